The van der Waals surface area contributed by atoms with Gasteiger partial charge in [-0.25, -0.2) is 0 Å². The summed E-state index contributed by atoms with van der Waals surface area (Å²) >= 11 is 0. The van der Waals surface area contributed by atoms with Crippen LogP contribution < -0.4 is 0 Å². The van der Waals surface area contributed by atoms with E-state index in [1.807, 2.05) is 0 Å². The molecule has 0 aliphatic heterocycles. The summed E-state index contributed by atoms with van der Waals surface area (Å²) in [6.07, 6.45) is 12.6. The summed E-state index contributed by atoms with van der Waals surface area (Å²) in [6, 6.07) is 0. The van der Waals surface area contributed by atoms with Gasteiger partial charge in [0.1, 0.15) is 0 Å². The lowest BCUT2D eigenvalue weighted by Crippen LogP contribution is -2.25. The summed E-state index contributed by atoms with van der Waals surface area (Å²) in [6.45, 7) is 11.6. The Bertz CT molecular complexity index is 169. The van der Waals surface area contributed by atoms with Gasteiger partial charge < -0.3 is 0 Å². The van der Waals surface area contributed by atoms with Crippen LogP contribution in [0.3, 0.4) is 0 Å². The summed E-state index contributed by atoms with van der Waals surface area (Å²) in [7, 11) is 0. The van der Waals surface area contributed by atoms with Gasteiger partial charge in [0, 0.05) is 0 Å². The molecular formula is C15H30. The predicted molar refractivity (Wildman–Crippen MR) is 71.1 cm³/mol. The van der Waals surface area contributed by atoms with Crippen molar-refractivity contribution in [3.8, 4) is 0 Å². The molecule has 0 N–H and O–H groups in total. The second-order valence-corrected chi connectivity index (χ2v) is 5.22. The van der Waals surface area contributed by atoms with Crippen LogP contribution in [0.15, 0.2) is 12.2 Å². The lowest BCUT2D eigenvalue weighted by molar-refractivity contribution is 0.170. The molecule has 90 valence electrons. The standard InChI is InChI=1S/C15H30/c1-6-9-12-15(5,13-10-7-2)14(4)11-8-3/h6,9,14H,7-8,10-13H2,1-5H3. The van der Waals surface area contributed by atoms with Crippen molar-refractivity contribution in [2.24, 2.45) is 11.3 Å². The van der Waals surface area contributed by atoms with E-state index in [1.165, 1.54) is 38.5 Å². The van der Waals surface area contributed by atoms with Crippen LogP contribution in [-0.4, -0.2) is 0 Å². The van der Waals surface area contributed by atoms with Crippen molar-refractivity contribution in [2.75, 3.05) is 0 Å². The van der Waals surface area contributed by atoms with Gasteiger partial charge in [-0.05, 0) is 31.1 Å². The van der Waals surface area contributed by atoms with E-state index in [1.54, 1.807) is 0 Å². The minimum atomic E-state index is 0.526. The third-order valence-electron chi connectivity index (χ3n) is 3.83. The smallest absolute Gasteiger partial charge is 0.0266 e. The zero-order valence-corrected chi connectivity index (χ0v) is 11.5. The van der Waals surface area contributed by atoms with E-state index >= 15 is 0 Å². The van der Waals surface area contributed by atoms with Crippen LogP contribution in [0, 0.1) is 11.3 Å². The molecule has 0 aromatic carbocycles. The number of hydrogen-bond acceptors (Lipinski definition) is 0. The molecule has 0 aromatic heterocycles. The Morgan fingerprint density at radius 2 is 1.87 bits per heavy atom. The molecule has 0 spiro atoms. The predicted octanol–water partition coefficient (Wildman–Crippen LogP) is 5.59. The average Bonchev–Trinajstić information content (AvgIpc) is 2.24. The fraction of sp³-hybridized carbons (Fsp3) is 0.867. The minimum absolute atomic E-state index is 0.526. The first-order valence-corrected chi connectivity index (χ1v) is 6.71. The molecule has 0 fully saturated rings. The zero-order valence-electron chi connectivity index (χ0n) is 11.5. The molecule has 0 aromatic rings. The highest BCUT2D eigenvalue weighted by atomic mass is 14.3. The third-order valence-corrected chi connectivity index (χ3v) is 3.83. The number of allylic oxidation sites excluding steroid dienone is 2. The molecule has 15 heavy (non-hydrogen) atoms. The van der Waals surface area contributed by atoms with E-state index in [0.717, 1.165) is 5.92 Å². The van der Waals surface area contributed by atoms with Crippen molar-refractivity contribution in [3.05, 3.63) is 12.2 Å². The number of rotatable bonds is 8. The summed E-state index contributed by atoms with van der Waals surface area (Å²) in [5, 5.41) is 0. The zero-order chi connectivity index (χ0) is 11.7. The second kappa shape index (κ2) is 7.96. The largest absolute Gasteiger partial charge is 0.0916 e. The highest BCUT2D eigenvalue weighted by molar-refractivity contribution is 4.89. The molecule has 0 saturated carbocycles. The highest BCUT2D eigenvalue weighted by Crippen LogP contribution is 2.39. The monoisotopic (exact) mass is 210 g/mol. The molecule has 0 heterocycles. The molecule has 0 radical (unpaired) electrons. The fourth-order valence-electron chi connectivity index (χ4n) is 2.30. The van der Waals surface area contributed by atoms with Gasteiger partial charge in [-0.3, -0.25) is 0 Å². The first-order chi connectivity index (χ1) is 7.10. The Morgan fingerprint density at radius 1 is 1.20 bits per heavy atom. The van der Waals surface area contributed by atoms with Gasteiger partial charge in [-0.15, -0.1) is 0 Å². The molecule has 0 rings (SSSR count). The summed E-state index contributed by atoms with van der Waals surface area (Å²) in [4.78, 5) is 0. The van der Waals surface area contributed by atoms with Crippen molar-refractivity contribution in [2.45, 2.75) is 73.1 Å². The molecule has 0 amide bonds. The molecule has 0 saturated heterocycles. The number of hydrogen-bond donors (Lipinski definition) is 0. The van der Waals surface area contributed by atoms with Crippen molar-refractivity contribution in [1.82, 2.24) is 0 Å². The minimum Gasteiger partial charge on any atom is -0.0916 e. The molecule has 2 atom stereocenters. The van der Waals surface area contributed by atoms with Crippen LogP contribution in [-0.2, 0) is 0 Å². The van der Waals surface area contributed by atoms with E-state index < -0.39 is 0 Å². The Labute approximate surface area is 97.2 Å². The van der Waals surface area contributed by atoms with Crippen LogP contribution in [0.2, 0.25) is 0 Å². The van der Waals surface area contributed by atoms with Gasteiger partial charge in [-0.2, -0.15) is 0 Å². The summed E-state index contributed by atoms with van der Waals surface area (Å²) in [5.41, 5.74) is 0.526. The molecular weight excluding hydrogens is 180 g/mol. The van der Waals surface area contributed by atoms with Gasteiger partial charge in [0.15, 0.2) is 0 Å². The van der Waals surface area contributed by atoms with Gasteiger partial charge in [-0.1, -0.05) is 65.5 Å². The SMILES string of the molecule is CC=CCC(C)(CCCC)C(C)CCC. The van der Waals surface area contributed by atoms with E-state index in [2.05, 4.69) is 46.8 Å². The van der Waals surface area contributed by atoms with Crippen molar-refractivity contribution < 1.29 is 0 Å². The molecule has 2 unspecified atom stereocenters. The normalized spacial score (nSPS) is 17.9. The Morgan fingerprint density at radius 3 is 2.33 bits per heavy atom. The maximum Gasteiger partial charge on any atom is -0.0266 e. The van der Waals surface area contributed by atoms with Crippen LogP contribution in [0.5, 0.6) is 0 Å². The Hall–Kier alpha value is -0.260. The molecule has 0 heteroatoms. The first-order valence-electron chi connectivity index (χ1n) is 6.71. The molecule has 0 bridgehead atoms. The molecule has 0 aliphatic rings. The number of unbranched alkanes of at least 4 members (excludes halogenated alkanes) is 1. The van der Waals surface area contributed by atoms with Crippen LogP contribution in [0.25, 0.3) is 0 Å². The summed E-state index contributed by atoms with van der Waals surface area (Å²) < 4.78 is 0. The van der Waals surface area contributed by atoms with Gasteiger partial charge in [0.05, 0.1) is 0 Å². The molecule has 0 nitrogen and oxygen atoms in total. The van der Waals surface area contributed by atoms with E-state index in [4.69, 9.17) is 0 Å². The van der Waals surface area contributed by atoms with Crippen molar-refractivity contribution >= 4 is 0 Å². The maximum absolute atomic E-state index is 2.48. The topological polar surface area (TPSA) is 0 Å². The van der Waals surface area contributed by atoms with Crippen LogP contribution in [0.4, 0.5) is 0 Å². The van der Waals surface area contributed by atoms with Gasteiger partial charge >= 0.3 is 0 Å². The lowest BCUT2D eigenvalue weighted by Gasteiger charge is -2.35. The van der Waals surface area contributed by atoms with Gasteiger partial charge in [0.2, 0.25) is 0 Å². The third kappa shape index (κ3) is 5.39. The fourth-order valence-corrected chi connectivity index (χ4v) is 2.30. The Balaban J connectivity index is 4.36. The van der Waals surface area contributed by atoms with Crippen molar-refractivity contribution in [1.29, 1.82) is 0 Å². The average molecular weight is 210 g/mol. The highest BCUT2D eigenvalue weighted by Gasteiger charge is 2.28. The van der Waals surface area contributed by atoms with Crippen LogP contribution >= 0.6 is 0 Å². The quantitative estimate of drug-likeness (QED) is 0.458. The summed E-state index contributed by atoms with van der Waals surface area (Å²) in [5.74, 6) is 0.852. The Kier molecular flexibility index (Phi) is 7.82. The van der Waals surface area contributed by atoms with Crippen molar-refractivity contribution in [3.63, 3.8) is 0 Å². The van der Waals surface area contributed by atoms with E-state index in [0.29, 0.717) is 5.41 Å². The van der Waals surface area contributed by atoms with E-state index in [-0.39, 0.29) is 0 Å². The second-order valence-electron chi connectivity index (χ2n) is 5.22. The first kappa shape index (κ1) is 14.7. The van der Waals surface area contributed by atoms with E-state index in [9.17, 15) is 0 Å². The van der Waals surface area contributed by atoms with Crippen LogP contribution in [0.1, 0.15) is 73.1 Å². The van der Waals surface area contributed by atoms with Gasteiger partial charge in [0.25, 0.3) is 0 Å². The lowest BCUT2D eigenvalue weighted by atomic mass is 9.70. The maximum atomic E-state index is 2.48. The molecule has 0 aliphatic carbocycles.